The predicted octanol–water partition coefficient (Wildman–Crippen LogP) is 3.69. The standard InChI is InChI=1S/C20H30O3/c1-11(2)16-8-18(22)19(5)9-15-12(3)6-7-14(15)13(4)17(21)10-20(16,19)23/h11,13-14,16,23H,6-10H2,1-5H3. The van der Waals surface area contributed by atoms with Crippen LogP contribution in [0.25, 0.3) is 0 Å². The molecule has 0 radical (unpaired) electrons. The second-order valence-electron chi connectivity index (χ2n) is 8.79. The number of carbonyl (C=O) groups is 2. The summed E-state index contributed by atoms with van der Waals surface area (Å²) in [6.07, 6.45) is 3.23. The molecule has 0 bridgehead atoms. The normalized spacial score (nSPS) is 44.4. The monoisotopic (exact) mass is 318 g/mol. The fourth-order valence-electron chi connectivity index (χ4n) is 5.50. The number of aliphatic hydroxyl groups is 1. The van der Waals surface area contributed by atoms with Gasteiger partial charge in [0.15, 0.2) is 0 Å². The van der Waals surface area contributed by atoms with Gasteiger partial charge in [-0.3, -0.25) is 9.59 Å². The highest BCUT2D eigenvalue weighted by atomic mass is 16.3. The second-order valence-corrected chi connectivity index (χ2v) is 8.79. The zero-order valence-electron chi connectivity index (χ0n) is 15.1. The van der Waals surface area contributed by atoms with E-state index in [1.807, 2.05) is 13.8 Å². The van der Waals surface area contributed by atoms with Gasteiger partial charge in [0.05, 0.1) is 11.0 Å². The molecule has 2 fully saturated rings. The molecule has 2 saturated carbocycles. The van der Waals surface area contributed by atoms with Gasteiger partial charge in [0.1, 0.15) is 11.6 Å². The van der Waals surface area contributed by atoms with Crippen LogP contribution in [0.3, 0.4) is 0 Å². The number of carbonyl (C=O) groups excluding carboxylic acids is 2. The molecule has 3 heteroatoms. The molecule has 0 aromatic rings. The van der Waals surface area contributed by atoms with Crippen LogP contribution < -0.4 is 0 Å². The van der Waals surface area contributed by atoms with Gasteiger partial charge in [-0.15, -0.1) is 0 Å². The Hall–Kier alpha value is -0.960. The number of ketones is 2. The summed E-state index contributed by atoms with van der Waals surface area (Å²) in [6, 6.07) is 0. The third-order valence-corrected chi connectivity index (χ3v) is 7.32. The highest BCUT2D eigenvalue weighted by molar-refractivity contribution is 5.92. The molecule has 0 amide bonds. The molecule has 0 saturated heterocycles. The van der Waals surface area contributed by atoms with Crippen molar-refractivity contribution in [2.45, 2.75) is 72.3 Å². The molecule has 3 aliphatic carbocycles. The minimum absolute atomic E-state index is 0.0421. The van der Waals surface area contributed by atoms with E-state index in [0.717, 1.165) is 12.8 Å². The van der Waals surface area contributed by atoms with Gasteiger partial charge in [0.2, 0.25) is 0 Å². The summed E-state index contributed by atoms with van der Waals surface area (Å²) < 4.78 is 0. The van der Waals surface area contributed by atoms with Gasteiger partial charge in [0.25, 0.3) is 0 Å². The molecular formula is C20H30O3. The van der Waals surface area contributed by atoms with E-state index in [1.54, 1.807) is 0 Å². The molecule has 0 spiro atoms. The largest absolute Gasteiger partial charge is 0.388 e. The van der Waals surface area contributed by atoms with E-state index >= 15 is 0 Å². The van der Waals surface area contributed by atoms with E-state index in [9.17, 15) is 14.7 Å². The fraction of sp³-hybridized carbons (Fsp3) is 0.800. The minimum atomic E-state index is -1.19. The van der Waals surface area contributed by atoms with Crippen LogP contribution in [0.15, 0.2) is 11.1 Å². The molecule has 5 atom stereocenters. The van der Waals surface area contributed by atoms with E-state index in [4.69, 9.17) is 0 Å². The van der Waals surface area contributed by atoms with E-state index in [1.165, 1.54) is 11.1 Å². The molecule has 1 N–H and O–H groups in total. The van der Waals surface area contributed by atoms with Crippen molar-refractivity contribution in [3.05, 3.63) is 11.1 Å². The third kappa shape index (κ3) is 2.19. The van der Waals surface area contributed by atoms with Gasteiger partial charge in [-0.2, -0.15) is 0 Å². The van der Waals surface area contributed by atoms with E-state index < -0.39 is 11.0 Å². The zero-order valence-corrected chi connectivity index (χ0v) is 15.1. The number of Topliss-reactive ketones (excluding diaryl/α,β-unsaturated/α-hetero) is 2. The quantitative estimate of drug-likeness (QED) is 0.750. The third-order valence-electron chi connectivity index (χ3n) is 7.32. The van der Waals surface area contributed by atoms with Crippen molar-refractivity contribution >= 4 is 11.6 Å². The van der Waals surface area contributed by atoms with Crippen LogP contribution in [0.2, 0.25) is 0 Å². The first-order valence-corrected chi connectivity index (χ1v) is 9.08. The molecule has 3 nitrogen and oxygen atoms in total. The van der Waals surface area contributed by atoms with Crippen LogP contribution in [-0.4, -0.2) is 22.3 Å². The molecule has 23 heavy (non-hydrogen) atoms. The Morgan fingerprint density at radius 3 is 2.48 bits per heavy atom. The maximum Gasteiger partial charge on any atom is 0.142 e. The molecule has 0 heterocycles. The minimum Gasteiger partial charge on any atom is -0.388 e. The highest BCUT2D eigenvalue weighted by Gasteiger charge is 2.64. The Morgan fingerprint density at radius 1 is 1.22 bits per heavy atom. The molecule has 3 rings (SSSR count). The molecular weight excluding hydrogens is 288 g/mol. The first-order valence-electron chi connectivity index (χ1n) is 9.08. The van der Waals surface area contributed by atoms with E-state index in [2.05, 4.69) is 20.8 Å². The Labute approximate surface area is 139 Å². The van der Waals surface area contributed by atoms with Crippen molar-refractivity contribution in [2.24, 2.45) is 29.1 Å². The summed E-state index contributed by atoms with van der Waals surface area (Å²) in [5, 5.41) is 11.6. The molecule has 0 aromatic carbocycles. The maximum absolute atomic E-state index is 12.9. The smallest absolute Gasteiger partial charge is 0.142 e. The average Bonchev–Trinajstić information content (AvgIpc) is 2.90. The van der Waals surface area contributed by atoms with Gasteiger partial charge in [-0.05, 0) is 50.9 Å². The zero-order chi connectivity index (χ0) is 17.2. The van der Waals surface area contributed by atoms with Crippen LogP contribution in [0, 0.1) is 29.1 Å². The SMILES string of the molecule is CC1=C2CC3(C)C(=O)CC(C(C)C)C3(O)CC(=O)C(C)C2CC1. The number of rotatable bonds is 1. The molecule has 5 unspecified atom stereocenters. The van der Waals surface area contributed by atoms with Gasteiger partial charge in [0, 0.05) is 18.8 Å². The Morgan fingerprint density at radius 2 is 1.87 bits per heavy atom. The Kier molecular flexibility index (Phi) is 3.87. The molecule has 3 aliphatic rings. The summed E-state index contributed by atoms with van der Waals surface area (Å²) in [7, 11) is 0. The number of hydrogen-bond donors (Lipinski definition) is 1. The van der Waals surface area contributed by atoms with Crippen LogP contribution in [-0.2, 0) is 9.59 Å². The number of allylic oxidation sites excluding steroid dienone is 2. The lowest BCUT2D eigenvalue weighted by Gasteiger charge is -2.46. The summed E-state index contributed by atoms with van der Waals surface area (Å²) in [5.74, 6) is 0.593. The molecule has 0 aliphatic heterocycles. The van der Waals surface area contributed by atoms with Crippen molar-refractivity contribution < 1.29 is 14.7 Å². The van der Waals surface area contributed by atoms with Crippen LogP contribution in [0.4, 0.5) is 0 Å². The summed E-state index contributed by atoms with van der Waals surface area (Å²) in [5.41, 5.74) is 0.617. The maximum atomic E-state index is 12.9. The molecule has 128 valence electrons. The van der Waals surface area contributed by atoms with Crippen molar-refractivity contribution in [3.8, 4) is 0 Å². The van der Waals surface area contributed by atoms with Gasteiger partial charge in [-0.1, -0.05) is 31.9 Å². The second kappa shape index (κ2) is 5.27. The Balaban J connectivity index is 2.13. The predicted molar refractivity (Wildman–Crippen MR) is 89.8 cm³/mol. The van der Waals surface area contributed by atoms with E-state index in [-0.39, 0.29) is 41.7 Å². The van der Waals surface area contributed by atoms with E-state index in [0.29, 0.717) is 12.8 Å². The fourth-order valence-corrected chi connectivity index (χ4v) is 5.50. The van der Waals surface area contributed by atoms with Crippen molar-refractivity contribution in [1.82, 2.24) is 0 Å². The average molecular weight is 318 g/mol. The number of fused-ring (bicyclic) bond motifs is 2. The number of hydrogen-bond acceptors (Lipinski definition) is 3. The highest BCUT2D eigenvalue weighted by Crippen LogP contribution is 2.58. The van der Waals surface area contributed by atoms with Crippen LogP contribution >= 0.6 is 0 Å². The topological polar surface area (TPSA) is 54.4 Å². The summed E-state index contributed by atoms with van der Waals surface area (Å²) >= 11 is 0. The van der Waals surface area contributed by atoms with Gasteiger partial charge < -0.3 is 5.11 Å². The van der Waals surface area contributed by atoms with Crippen molar-refractivity contribution in [1.29, 1.82) is 0 Å². The lowest BCUT2D eigenvalue weighted by atomic mass is 9.60. The lowest BCUT2D eigenvalue weighted by Crippen LogP contribution is -2.54. The summed E-state index contributed by atoms with van der Waals surface area (Å²) in [6.45, 7) is 10.2. The van der Waals surface area contributed by atoms with Gasteiger partial charge in [-0.25, -0.2) is 0 Å². The summed E-state index contributed by atoms with van der Waals surface area (Å²) in [4.78, 5) is 25.8. The van der Waals surface area contributed by atoms with Crippen molar-refractivity contribution in [2.75, 3.05) is 0 Å². The molecule has 0 aromatic heterocycles. The Bertz CT molecular complexity index is 588. The first-order chi connectivity index (χ1) is 10.6. The van der Waals surface area contributed by atoms with Crippen LogP contribution in [0.1, 0.15) is 66.7 Å². The van der Waals surface area contributed by atoms with Gasteiger partial charge >= 0.3 is 0 Å². The lowest BCUT2D eigenvalue weighted by molar-refractivity contribution is -0.151. The first kappa shape index (κ1) is 16.9. The van der Waals surface area contributed by atoms with Crippen molar-refractivity contribution in [3.63, 3.8) is 0 Å². The van der Waals surface area contributed by atoms with Crippen LogP contribution in [0.5, 0.6) is 0 Å².